The van der Waals surface area contributed by atoms with E-state index >= 15 is 0 Å². The summed E-state index contributed by atoms with van der Waals surface area (Å²) in [6, 6.07) is 11.7. The van der Waals surface area contributed by atoms with Crippen LogP contribution >= 0.6 is 0 Å². The Kier molecular flexibility index (Phi) is 5.74. The molecule has 5 heteroatoms. The smallest absolute Gasteiger partial charge is 0.246 e. The summed E-state index contributed by atoms with van der Waals surface area (Å²) in [6.45, 7) is 5.48. The minimum Gasteiger partial charge on any atom is -0.335 e. The van der Waals surface area contributed by atoms with Crippen molar-refractivity contribution >= 4 is 11.8 Å². The van der Waals surface area contributed by atoms with Crippen LogP contribution in [0.3, 0.4) is 0 Å². The van der Waals surface area contributed by atoms with E-state index in [0.29, 0.717) is 26.1 Å². The number of aromatic nitrogens is 1. The fraction of sp³-hybridized carbons (Fsp3) is 0.375. The molecule has 2 heterocycles. The van der Waals surface area contributed by atoms with Crippen molar-refractivity contribution in [3.05, 3.63) is 67.0 Å². The van der Waals surface area contributed by atoms with Crippen LogP contribution < -0.4 is 0 Å². The maximum Gasteiger partial charge on any atom is 0.246 e. The summed E-state index contributed by atoms with van der Waals surface area (Å²) in [5.41, 5.74) is 3.24. The van der Waals surface area contributed by atoms with Gasteiger partial charge in [0.1, 0.15) is 6.04 Å². The van der Waals surface area contributed by atoms with Gasteiger partial charge in [0.15, 0.2) is 0 Å². The summed E-state index contributed by atoms with van der Waals surface area (Å²) in [5.74, 6) is 0.274. The highest BCUT2D eigenvalue weighted by molar-refractivity contribution is 5.90. The molecule has 2 aliphatic rings. The van der Waals surface area contributed by atoms with Gasteiger partial charge in [0.05, 0.1) is 0 Å². The molecule has 5 nitrogen and oxygen atoms in total. The second kappa shape index (κ2) is 8.60. The fourth-order valence-corrected chi connectivity index (χ4v) is 4.17. The number of hydrogen-bond donors (Lipinski definition) is 0. The van der Waals surface area contributed by atoms with Crippen LogP contribution in [-0.2, 0) is 16.0 Å². The molecule has 0 spiro atoms. The van der Waals surface area contributed by atoms with Gasteiger partial charge in [0.2, 0.25) is 11.8 Å². The Balaban J connectivity index is 1.59. The molecule has 29 heavy (non-hydrogen) atoms. The lowest BCUT2D eigenvalue weighted by atomic mass is 9.83. The molecule has 0 unspecified atom stereocenters. The Morgan fingerprint density at radius 3 is 2.62 bits per heavy atom. The van der Waals surface area contributed by atoms with Gasteiger partial charge in [0, 0.05) is 44.4 Å². The van der Waals surface area contributed by atoms with Gasteiger partial charge < -0.3 is 9.80 Å². The molecule has 0 bridgehead atoms. The Labute approximate surface area is 172 Å². The van der Waals surface area contributed by atoms with Crippen LogP contribution in [0, 0.1) is 5.92 Å². The zero-order chi connectivity index (χ0) is 20.2. The lowest BCUT2D eigenvalue weighted by molar-refractivity contribution is -0.154. The van der Waals surface area contributed by atoms with Crippen molar-refractivity contribution in [2.24, 2.45) is 5.92 Å². The van der Waals surface area contributed by atoms with Crippen molar-refractivity contribution in [3.8, 4) is 11.1 Å². The van der Waals surface area contributed by atoms with E-state index in [1.165, 1.54) is 0 Å². The normalized spacial score (nSPS) is 19.7. The SMILES string of the molecule is C=CCN1CCN(C(=O)C2CCC2)[C@@H](Cc2cccc(-c3ccncc3)c2)C1=O. The van der Waals surface area contributed by atoms with E-state index in [-0.39, 0.29) is 17.7 Å². The molecule has 0 N–H and O–H groups in total. The second-order valence-corrected chi connectivity index (χ2v) is 7.89. The predicted octanol–water partition coefficient (Wildman–Crippen LogP) is 3.32. The molecule has 2 aromatic rings. The van der Waals surface area contributed by atoms with Crippen molar-refractivity contribution in [2.45, 2.75) is 31.7 Å². The number of amides is 2. The molecule has 2 fully saturated rings. The minimum absolute atomic E-state index is 0.0261. The molecule has 1 aromatic heterocycles. The molecule has 1 saturated carbocycles. The largest absolute Gasteiger partial charge is 0.335 e. The van der Waals surface area contributed by atoms with Crippen LogP contribution in [0.1, 0.15) is 24.8 Å². The minimum atomic E-state index is -0.440. The van der Waals surface area contributed by atoms with Gasteiger partial charge >= 0.3 is 0 Å². The standard InChI is InChI=1S/C24H27N3O2/c1-2-13-26-14-15-27(23(28)20-6-4-7-20)22(24(26)29)17-18-5-3-8-21(16-18)19-9-11-25-12-10-19/h2-3,5,8-12,16,20,22H,1,4,6-7,13-15,17H2/t22-/m0/s1. The van der Waals surface area contributed by atoms with Crippen LogP contribution in [0.4, 0.5) is 0 Å². The van der Waals surface area contributed by atoms with E-state index in [9.17, 15) is 9.59 Å². The fourth-order valence-electron chi connectivity index (χ4n) is 4.17. The third-order valence-corrected chi connectivity index (χ3v) is 6.04. The van der Waals surface area contributed by atoms with Gasteiger partial charge in [-0.05, 0) is 41.7 Å². The number of carbonyl (C=O) groups is 2. The Morgan fingerprint density at radius 2 is 1.93 bits per heavy atom. The molecule has 1 saturated heterocycles. The molecule has 1 atom stereocenters. The third-order valence-electron chi connectivity index (χ3n) is 6.04. The Morgan fingerprint density at radius 1 is 1.14 bits per heavy atom. The maximum absolute atomic E-state index is 13.2. The predicted molar refractivity (Wildman–Crippen MR) is 113 cm³/mol. The molecule has 0 radical (unpaired) electrons. The number of piperazine rings is 1. The first-order valence-corrected chi connectivity index (χ1v) is 10.4. The second-order valence-electron chi connectivity index (χ2n) is 7.89. The zero-order valence-electron chi connectivity index (χ0n) is 16.7. The molecule has 4 rings (SSSR count). The lowest BCUT2D eigenvalue weighted by Crippen LogP contribution is -2.60. The van der Waals surface area contributed by atoms with Crippen molar-refractivity contribution in [3.63, 3.8) is 0 Å². The Bertz CT molecular complexity index is 892. The first-order valence-electron chi connectivity index (χ1n) is 10.4. The summed E-state index contributed by atoms with van der Waals surface area (Å²) in [5, 5.41) is 0. The van der Waals surface area contributed by atoms with Crippen LogP contribution in [0.25, 0.3) is 11.1 Å². The number of hydrogen-bond acceptors (Lipinski definition) is 3. The molecule has 150 valence electrons. The van der Waals surface area contributed by atoms with Gasteiger partial charge in [-0.15, -0.1) is 6.58 Å². The topological polar surface area (TPSA) is 53.5 Å². The van der Waals surface area contributed by atoms with Crippen LogP contribution in [0.5, 0.6) is 0 Å². The molecule has 2 amide bonds. The number of benzene rings is 1. The van der Waals surface area contributed by atoms with Crippen molar-refractivity contribution < 1.29 is 9.59 Å². The summed E-state index contributed by atoms with van der Waals surface area (Å²) in [4.78, 5) is 33.9. The molecular formula is C24H27N3O2. The van der Waals surface area contributed by atoms with Crippen molar-refractivity contribution in [1.82, 2.24) is 14.8 Å². The van der Waals surface area contributed by atoms with E-state index in [0.717, 1.165) is 36.0 Å². The van der Waals surface area contributed by atoms with Crippen molar-refractivity contribution in [2.75, 3.05) is 19.6 Å². The first-order chi connectivity index (χ1) is 14.2. The average Bonchev–Trinajstić information content (AvgIpc) is 2.71. The molecule has 1 aliphatic carbocycles. The number of rotatable bonds is 6. The summed E-state index contributed by atoms with van der Waals surface area (Å²) in [6.07, 6.45) is 8.84. The summed E-state index contributed by atoms with van der Waals surface area (Å²) in [7, 11) is 0. The van der Waals surface area contributed by atoms with Crippen LogP contribution in [-0.4, -0.2) is 52.3 Å². The lowest BCUT2D eigenvalue weighted by Gasteiger charge is -2.43. The van der Waals surface area contributed by atoms with E-state index in [1.807, 2.05) is 34.1 Å². The Hall–Kier alpha value is -2.95. The highest BCUT2D eigenvalue weighted by Crippen LogP contribution is 2.31. The highest BCUT2D eigenvalue weighted by Gasteiger charge is 2.40. The average molecular weight is 389 g/mol. The van der Waals surface area contributed by atoms with Crippen molar-refractivity contribution in [1.29, 1.82) is 0 Å². The highest BCUT2D eigenvalue weighted by atomic mass is 16.2. The van der Waals surface area contributed by atoms with E-state index in [4.69, 9.17) is 0 Å². The monoisotopic (exact) mass is 389 g/mol. The van der Waals surface area contributed by atoms with Crippen LogP contribution in [0.2, 0.25) is 0 Å². The third kappa shape index (κ3) is 4.09. The van der Waals surface area contributed by atoms with E-state index in [2.05, 4.69) is 23.7 Å². The molecule has 1 aromatic carbocycles. The summed E-state index contributed by atoms with van der Waals surface area (Å²) >= 11 is 0. The quantitative estimate of drug-likeness (QED) is 0.712. The van der Waals surface area contributed by atoms with Gasteiger partial charge in [-0.1, -0.05) is 36.8 Å². The molecule has 1 aliphatic heterocycles. The van der Waals surface area contributed by atoms with Gasteiger partial charge in [0.25, 0.3) is 0 Å². The van der Waals surface area contributed by atoms with E-state index < -0.39 is 6.04 Å². The van der Waals surface area contributed by atoms with E-state index in [1.54, 1.807) is 18.5 Å². The molecular weight excluding hydrogens is 362 g/mol. The zero-order valence-corrected chi connectivity index (χ0v) is 16.7. The number of carbonyl (C=O) groups excluding carboxylic acids is 2. The summed E-state index contributed by atoms with van der Waals surface area (Å²) < 4.78 is 0. The van der Waals surface area contributed by atoms with Crippen LogP contribution in [0.15, 0.2) is 61.4 Å². The van der Waals surface area contributed by atoms with Gasteiger partial charge in [-0.25, -0.2) is 0 Å². The maximum atomic E-state index is 13.2. The van der Waals surface area contributed by atoms with Gasteiger partial charge in [-0.3, -0.25) is 14.6 Å². The first kappa shape index (κ1) is 19.4. The van der Waals surface area contributed by atoms with Gasteiger partial charge in [-0.2, -0.15) is 0 Å². The number of pyridine rings is 1. The number of nitrogens with zero attached hydrogens (tertiary/aromatic N) is 3.